The van der Waals surface area contributed by atoms with Crippen LogP contribution < -0.4 is 9.47 Å². The molecular weight excluding hydrogens is 376 g/mol. The highest BCUT2D eigenvalue weighted by Crippen LogP contribution is 2.32. The number of carbonyl (C=O) groups is 2. The molecule has 9 nitrogen and oxygen atoms in total. The Labute approximate surface area is 161 Å². The standard InChI is InChI=1S/C17H18N4O5.ClH/c1-10-15(16(22)20-5-4-11(9-20)17(23)24)18-19-21(10)12-2-3-13-14(8-12)26-7-6-25-13;/h2-3,8,11H,4-7,9H2,1H3,(H,23,24);1H. The van der Waals surface area contributed by atoms with Crippen LogP contribution in [0.1, 0.15) is 22.6 Å². The monoisotopic (exact) mass is 394 g/mol. The topological polar surface area (TPSA) is 107 Å². The third kappa shape index (κ3) is 3.42. The molecule has 4 rings (SSSR count). The lowest BCUT2D eigenvalue weighted by Gasteiger charge is -2.19. The van der Waals surface area contributed by atoms with Gasteiger partial charge in [-0.3, -0.25) is 9.59 Å². The van der Waals surface area contributed by atoms with Crippen molar-refractivity contribution in [2.45, 2.75) is 13.3 Å². The second-order valence-electron chi connectivity index (χ2n) is 6.34. The quantitative estimate of drug-likeness (QED) is 0.836. The van der Waals surface area contributed by atoms with Gasteiger partial charge in [-0.05, 0) is 25.5 Å². The molecule has 2 aliphatic rings. The summed E-state index contributed by atoms with van der Waals surface area (Å²) in [5.74, 6) is -0.398. The first kappa shape index (κ1) is 19.0. The molecular formula is C17H19ClN4O5. The van der Waals surface area contributed by atoms with Crippen molar-refractivity contribution in [1.82, 2.24) is 19.9 Å². The molecule has 1 saturated heterocycles. The van der Waals surface area contributed by atoms with Gasteiger partial charge in [0, 0.05) is 19.2 Å². The normalized spacial score (nSPS) is 18.1. The van der Waals surface area contributed by atoms with Gasteiger partial charge in [-0.1, -0.05) is 5.21 Å². The minimum Gasteiger partial charge on any atom is -0.486 e. The van der Waals surface area contributed by atoms with Crippen LogP contribution in [0.2, 0.25) is 0 Å². The summed E-state index contributed by atoms with van der Waals surface area (Å²) in [5.41, 5.74) is 1.53. The van der Waals surface area contributed by atoms with Crippen molar-refractivity contribution in [3.8, 4) is 17.2 Å². The van der Waals surface area contributed by atoms with Crippen molar-refractivity contribution < 1.29 is 24.2 Å². The number of carboxylic acids is 1. The Hall–Kier alpha value is -2.81. The lowest BCUT2D eigenvalue weighted by Crippen LogP contribution is -2.30. The number of aromatic nitrogens is 3. The van der Waals surface area contributed by atoms with E-state index in [1.165, 1.54) is 4.90 Å². The Balaban J connectivity index is 0.00000210. The molecule has 0 saturated carbocycles. The average molecular weight is 395 g/mol. The number of rotatable bonds is 3. The summed E-state index contributed by atoms with van der Waals surface area (Å²) >= 11 is 0. The van der Waals surface area contributed by atoms with Crippen LogP contribution in [-0.4, -0.2) is 63.2 Å². The lowest BCUT2D eigenvalue weighted by molar-refractivity contribution is -0.141. The minimum absolute atomic E-state index is 0. The SMILES string of the molecule is Cc1c(C(=O)N2CCC(C(=O)O)C2)nnn1-c1ccc2c(c1)OCCO2.Cl. The smallest absolute Gasteiger partial charge is 0.308 e. The first-order valence-electron chi connectivity index (χ1n) is 8.39. The molecule has 0 bridgehead atoms. The van der Waals surface area contributed by atoms with E-state index in [0.29, 0.717) is 49.1 Å². The molecule has 0 spiro atoms. The zero-order chi connectivity index (χ0) is 18.3. The summed E-state index contributed by atoms with van der Waals surface area (Å²) in [4.78, 5) is 25.3. The molecule has 1 unspecified atom stereocenters. The third-order valence-electron chi connectivity index (χ3n) is 4.69. The number of fused-ring (bicyclic) bond motifs is 1. The maximum absolute atomic E-state index is 12.7. The van der Waals surface area contributed by atoms with Crippen molar-refractivity contribution >= 4 is 24.3 Å². The first-order chi connectivity index (χ1) is 12.5. The predicted molar refractivity (Wildman–Crippen MR) is 96.0 cm³/mol. The molecule has 27 heavy (non-hydrogen) atoms. The number of halogens is 1. The van der Waals surface area contributed by atoms with Gasteiger partial charge in [-0.15, -0.1) is 17.5 Å². The van der Waals surface area contributed by atoms with E-state index in [4.69, 9.17) is 14.6 Å². The molecule has 144 valence electrons. The Morgan fingerprint density at radius 3 is 2.67 bits per heavy atom. The highest BCUT2D eigenvalue weighted by atomic mass is 35.5. The third-order valence-corrected chi connectivity index (χ3v) is 4.69. The summed E-state index contributed by atoms with van der Waals surface area (Å²) in [5, 5.41) is 17.2. The fourth-order valence-corrected chi connectivity index (χ4v) is 3.23. The lowest BCUT2D eigenvalue weighted by atomic mass is 10.1. The Morgan fingerprint density at radius 1 is 1.22 bits per heavy atom. The minimum atomic E-state index is -0.878. The Kier molecular flexibility index (Phi) is 5.22. The van der Waals surface area contributed by atoms with Gasteiger partial charge in [0.2, 0.25) is 0 Å². The molecule has 1 fully saturated rings. The van der Waals surface area contributed by atoms with Crippen molar-refractivity contribution in [2.75, 3.05) is 26.3 Å². The van der Waals surface area contributed by atoms with E-state index >= 15 is 0 Å². The van der Waals surface area contributed by atoms with Crippen LogP contribution in [0.4, 0.5) is 0 Å². The zero-order valence-electron chi connectivity index (χ0n) is 14.6. The molecule has 0 radical (unpaired) electrons. The van der Waals surface area contributed by atoms with Crippen LogP contribution in [0, 0.1) is 12.8 Å². The number of likely N-dealkylation sites (tertiary alicyclic amines) is 1. The predicted octanol–water partition coefficient (Wildman–Crippen LogP) is 1.32. The molecule has 1 aromatic heterocycles. The van der Waals surface area contributed by atoms with Crippen molar-refractivity contribution in [3.05, 3.63) is 29.6 Å². The number of carboxylic acid groups (broad SMARTS) is 1. The Morgan fingerprint density at radius 2 is 1.96 bits per heavy atom. The average Bonchev–Trinajstić information content (AvgIpc) is 3.28. The van der Waals surface area contributed by atoms with Gasteiger partial charge in [-0.2, -0.15) is 0 Å². The number of hydrogen-bond donors (Lipinski definition) is 1. The van der Waals surface area contributed by atoms with Crippen LogP contribution in [0.5, 0.6) is 11.5 Å². The molecule has 2 aromatic rings. The van der Waals surface area contributed by atoms with Gasteiger partial charge in [0.15, 0.2) is 17.2 Å². The number of ether oxygens (including phenoxy) is 2. The molecule has 3 heterocycles. The van der Waals surface area contributed by atoms with E-state index < -0.39 is 11.9 Å². The molecule has 1 aromatic carbocycles. The van der Waals surface area contributed by atoms with Gasteiger partial charge >= 0.3 is 5.97 Å². The maximum Gasteiger partial charge on any atom is 0.308 e. The zero-order valence-corrected chi connectivity index (χ0v) is 15.4. The summed E-state index contributed by atoms with van der Waals surface area (Å²) in [6, 6.07) is 5.41. The molecule has 10 heteroatoms. The number of hydrogen-bond acceptors (Lipinski definition) is 6. The summed E-state index contributed by atoms with van der Waals surface area (Å²) in [7, 11) is 0. The summed E-state index contributed by atoms with van der Waals surface area (Å²) in [6.07, 6.45) is 0.455. The van der Waals surface area contributed by atoms with Crippen LogP contribution in [0.3, 0.4) is 0 Å². The second-order valence-corrected chi connectivity index (χ2v) is 6.34. The molecule has 2 aliphatic heterocycles. The first-order valence-corrected chi connectivity index (χ1v) is 8.39. The van der Waals surface area contributed by atoms with E-state index in [0.717, 1.165) is 0 Å². The molecule has 1 N–H and O–H groups in total. The maximum atomic E-state index is 12.7. The molecule has 1 amide bonds. The number of carbonyl (C=O) groups excluding carboxylic acids is 1. The number of nitrogens with zero attached hydrogens (tertiary/aromatic N) is 4. The molecule has 1 atom stereocenters. The number of amides is 1. The van der Waals surface area contributed by atoms with Crippen LogP contribution in [0.15, 0.2) is 18.2 Å². The fourth-order valence-electron chi connectivity index (χ4n) is 3.23. The molecule has 0 aliphatic carbocycles. The van der Waals surface area contributed by atoms with Gasteiger partial charge < -0.3 is 19.5 Å². The van der Waals surface area contributed by atoms with E-state index in [1.54, 1.807) is 23.7 Å². The summed E-state index contributed by atoms with van der Waals surface area (Å²) in [6.45, 7) is 3.36. The number of benzene rings is 1. The van der Waals surface area contributed by atoms with E-state index in [1.807, 2.05) is 6.07 Å². The van der Waals surface area contributed by atoms with Crippen LogP contribution in [0.25, 0.3) is 5.69 Å². The van der Waals surface area contributed by atoms with Crippen molar-refractivity contribution in [1.29, 1.82) is 0 Å². The van der Waals surface area contributed by atoms with E-state index in [2.05, 4.69) is 10.3 Å². The van der Waals surface area contributed by atoms with Gasteiger partial charge in [0.25, 0.3) is 5.91 Å². The fraction of sp³-hybridized carbons (Fsp3) is 0.412. The van der Waals surface area contributed by atoms with E-state index in [9.17, 15) is 9.59 Å². The van der Waals surface area contributed by atoms with Gasteiger partial charge in [0.05, 0.1) is 17.3 Å². The second kappa shape index (κ2) is 7.43. The van der Waals surface area contributed by atoms with Gasteiger partial charge in [0.1, 0.15) is 13.2 Å². The number of aliphatic carboxylic acids is 1. The van der Waals surface area contributed by atoms with Crippen molar-refractivity contribution in [2.24, 2.45) is 5.92 Å². The van der Waals surface area contributed by atoms with Crippen molar-refractivity contribution in [3.63, 3.8) is 0 Å². The van der Waals surface area contributed by atoms with Crippen LogP contribution in [-0.2, 0) is 4.79 Å². The highest BCUT2D eigenvalue weighted by Gasteiger charge is 2.33. The van der Waals surface area contributed by atoms with Gasteiger partial charge in [-0.25, -0.2) is 4.68 Å². The van der Waals surface area contributed by atoms with E-state index in [-0.39, 0.29) is 30.6 Å². The largest absolute Gasteiger partial charge is 0.486 e. The van der Waals surface area contributed by atoms with Crippen LogP contribution >= 0.6 is 12.4 Å². The summed E-state index contributed by atoms with van der Waals surface area (Å²) < 4.78 is 12.6. The highest BCUT2D eigenvalue weighted by molar-refractivity contribution is 5.94. The Bertz CT molecular complexity index is 884.